The van der Waals surface area contributed by atoms with Crippen molar-refractivity contribution in [2.45, 2.75) is 57.1 Å². The maximum absolute atomic E-state index is 6.14. The zero-order valence-corrected chi connectivity index (χ0v) is 11.9. The summed E-state index contributed by atoms with van der Waals surface area (Å²) in [5.41, 5.74) is 6.14. The number of hydrogen-bond acceptors (Lipinski definition) is 5. The van der Waals surface area contributed by atoms with E-state index in [4.69, 9.17) is 15.0 Å². The van der Waals surface area contributed by atoms with Gasteiger partial charge >= 0.3 is 0 Å². The molecule has 19 heavy (non-hydrogen) atoms. The van der Waals surface area contributed by atoms with Gasteiger partial charge in [0.25, 0.3) is 0 Å². The Bertz CT molecular complexity index is 393. The first kappa shape index (κ1) is 14.8. The summed E-state index contributed by atoms with van der Waals surface area (Å²) < 4.78 is 10.9. The molecule has 0 bridgehead atoms. The highest BCUT2D eigenvalue weighted by atomic mass is 35.5. The van der Waals surface area contributed by atoms with Crippen molar-refractivity contribution >= 4 is 12.4 Å². The van der Waals surface area contributed by atoms with Crippen LogP contribution in [0.4, 0.5) is 0 Å². The molecule has 2 fully saturated rings. The Balaban J connectivity index is 0.00000133. The van der Waals surface area contributed by atoms with E-state index in [2.05, 4.69) is 10.1 Å². The number of ether oxygens (including phenoxy) is 1. The predicted octanol–water partition coefficient (Wildman–Crippen LogP) is 2.40. The Morgan fingerprint density at radius 1 is 1.16 bits per heavy atom. The third-order valence-corrected chi connectivity index (χ3v) is 4.11. The zero-order chi connectivity index (χ0) is 12.4. The second-order valence-corrected chi connectivity index (χ2v) is 5.46. The molecule has 6 heteroatoms. The molecule has 1 saturated heterocycles. The number of hydrogen-bond donors (Lipinski definition) is 1. The SMILES string of the molecule is Cl.NC1CCCCC1Cc1nc(C2CCCO2)no1. The topological polar surface area (TPSA) is 74.2 Å². The van der Waals surface area contributed by atoms with Crippen molar-refractivity contribution in [1.29, 1.82) is 0 Å². The maximum Gasteiger partial charge on any atom is 0.227 e. The summed E-state index contributed by atoms with van der Waals surface area (Å²) in [6.07, 6.45) is 7.77. The monoisotopic (exact) mass is 287 g/mol. The highest BCUT2D eigenvalue weighted by Crippen LogP contribution is 2.28. The standard InChI is InChI=1S/C13H21N3O2.ClH/c14-10-5-2-1-4-9(10)8-12-15-13(16-18-12)11-6-3-7-17-11;/h9-11H,1-8,14H2;1H. The first-order valence-electron chi connectivity index (χ1n) is 7.02. The van der Waals surface area contributed by atoms with Crippen LogP contribution in [0, 0.1) is 5.92 Å². The smallest absolute Gasteiger partial charge is 0.227 e. The molecule has 2 N–H and O–H groups in total. The molecule has 2 heterocycles. The summed E-state index contributed by atoms with van der Waals surface area (Å²) in [5, 5.41) is 4.04. The molecule has 0 aromatic carbocycles. The first-order chi connectivity index (χ1) is 8.83. The molecular formula is C13H22ClN3O2. The van der Waals surface area contributed by atoms with Gasteiger partial charge in [-0.3, -0.25) is 0 Å². The first-order valence-corrected chi connectivity index (χ1v) is 7.02. The fourth-order valence-electron chi connectivity index (χ4n) is 2.98. The minimum absolute atomic E-state index is 0. The van der Waals surface area contributed by atoms with E-state index in [9.17, 15) is 0 Å². The predicted molar refractivity (Wildman–Crippen MR) is 73.1 cm³/mol. The van der Waals surface area contributed by atoms with Gasteiger partial charge in [-0.15, -0.1) is 12.4 Å². The summed E-state index contributed by atoms with van der Waals surface area (Å²) in [7, 11) is 0. The quantitative estimate of drug-likeness (QED) is 0.924. The molecule has 0 radical (unpaired) electrons. The van der Waals surface area contributed by atoms with Crippen LogP contribution in [-0.4, -0.2) is 22.8 Å². The van der Waals surface area contributed by atoms with E-state index in [1.54, 1.807) is 0 Å². The lowest BCUT2D eigenvalue weighted by atomic mass is 9.83. The van der Waals surface area contributed by atoms with E-state index in [0.29, 0.717) is 11.7 Å². The molecule has 2 aliphatic rings. The minimum atomic E-state index is 0. The fourth-order valence-corrected chi connectivity index (χ4v) is 2.98. The molecule has 1 saturated carbocycles. The molecule has 5 nitrogen and oxygen atoms in total. The Labute approximate surface area is 119 Å². The molecule has 1 aromatic rings. The third kappa shape index (κ3) is 3.46. The van der Waals surface area contributed by atoms with Crippen molar-refractivity contribution in [2.75, 3.05) is 6.61 Å². The Hall–Kier alpha value is -0.650. The van der Waals surface area contributed by atoms with Crippen LogP contribution in [0.3, 0.4) is 0 Å². The van der Waals surface area contributed by atoms with Crippen LogP contribution in [0.15, 0.2) is 4.52 Å². The van der Waals surface area contributed by atoms with Crippen molar-refractivity contribution in [3.05, 3.63) is 11.7 Å². The van der Waals surface area contributed by atoms with Crippen LogP contribution in [0.25, 0.3) is 0 Å². The van der Waals surface area contributed by atoms with E-state index in [0.717, 1.165) is 38.2 Å². The second-order valence-electron chi connectivity index (χ2n) is 5.46. The Kier molecular flexibility index (Phi) is 5.19. The van der Waals surface area contributed by atoms with Gasteiger partial charge in [-0.1, -0.05) is 18.0 Å². The summed E-state index contributed by atoms with van der Waals surface area (Å²) >= 11 is 0. The van der Waals surface area contributed by atoms with Gasteiger partial charge in [0, 0.05) is 19.1 Å². The van der Waals surface area contributed by atoms with E-state index in [1.807, 2.05) is 0 Å². The van der Waals surface area contributed by atoms with Gasteiger partial charge in [0.1, 0.15) is 6.10 Å². The van der Waals surface area contributed by atoms with Crippen LogP contribution < -0.4 is 5.73 Å². The van der Waals surface area contributed by atoms with Crippen LogP contribution in [0.1, 0.15) is 56.3 Å². The van der Waals surface area contributed by atoms with E-state index >= 15 is 0 Å². The maximum atomic E-state index is 6.14. The average molecular weight is 288 g/mol. The molecule has 3 rings (SSSR count). The number of aromatic nitrogens is 2. The number of halogens is 1. The van der Waals surface area contributed by atoms with Gasteiger partial charge in [-0.05, 0) is 31.6 Å². The van der Waals surface area contributed by atoms with Crippen molar-refractivity contribution in [1.82, 2.24) is 10.1 Å². The lowest BCUT2D eigenvalue weighted by molar-refractivity contribution is 0.103. The van der Waals surface area contributed by atoms with Gasteiger partial charge in [0.05, 0.1) is 0 Å². The van der Waals surface area contributed by atoms with Crippen LogP contribution in [-0.2, 0) is 11.2 Å². The van der Waals surface area contributed by atoms with Gasteiger partial charge in [-0.25, -0.2) is 0 Å². The van der Waals surface area contributed by atoms with Crippen LogP contribution in [0.2, 0.25) is 0 Å². The molecule has 0 amide bonds. The number of nitrogens with two attached hydrogens (primary N) is 1. The largest absolute Gasteiger partial charge is 0.370 e. The molecule has 1 aliphatic carbocycles. The number of nitrogens with zero attached hydrogens (tertiary/aromatic N) is 2. The molecule has 0 spiro atoms. The van der Waals surface area contributed by atoms with Gasteiger partial charge in [0.15, 0.2) is 0 Å². The summed E-state index contributed by atoms with van der Waals surface area (Å²) in [4.78, 5) is 4.46. The van der Waals surface area contributed by atoms with Gasteiger partial charge < -0.3 is 15.0 Å². The Morgan fingerprint density at radius 2 is 2.00 bits per heavy atom. The third-order valence-electron chi connectivity index (χ3n) is 4.11. The summed E-state index contributed by atoms with van der Waals surface area (Å²) in [5.74, 6) is 1.94. The highest BCUT2D eigenvalue weighted by molar-refractivity contribution is 5.85. The van der Waals surface area contributed by atoms with Crippen molar-refractivity contribution < 1.29 is 9.26 Å². The van der Waals surface area contributed by atoms with E-state index in [-0.39, 0.29) is 24.6 Å². The lowest BCUT2D eigenvalue weighted by Crippen LogP contribution is -2.34. The molecule has 1 aromatic heterocycles. The molecule has 3 atom stereocenters. The highest BCUT2D eigenvalue weighted by Gasteiger charge is 2.26. The molecular weight excluding hydrogens is 266 g/mol. The van der Waals surface area contributed by atoms with Crippen LogP contribution >= 0.6 is 12.4 Å². The normalized spacial score (nSPS) is 31.1. The van der Waals surface area contributed by atoms with Gasteiger partial charge in [-0.2, -0.15) is 4.98 Å². The van der Waals surface area contributed by atoms with E-state index in [1.165, 1.54) is 19.3 Å². The zero-order valence-electron chi connectivity index (χ0n) is 11.1. The van der Waals surface area contributed by atoms with Crippen molar-refractivity contribution in [3.63, 3.8) is 0 Å². The van der Waals surface area contributed by atoms with E-state index < -0.39 is 0 Å². The number of rotatable bonds is 3. The molecule has 108 valence electrons. The lowest BCUT2D eigenvalue weighted by Gasteiger charge is -2.27. The summed E-state index contributed by atoms with van der Waals surface area (Å²) in [6.45, 7) is 0.808. The van der Waals surface area contributed by atoms with Crippen molar-refractivity contribution in [2.24, 2.45) is 11.7 Å². The van der Waals surface area contributed by atoms with Crippen LogP contribution in [0.5, 0.6) is 0 Å². The Morgan fingerprint density at radius 3 is 2.74 bits per heavy atom. The second kappa shape index (κ2) is 6.68. The molecule has 3 unspecified atom stereocenters. The average Bonchev–Trinajstić information content (AvgIpc) is 3.02. The van der Waals surface area contributed by atoms with Gasteiger partial charge in [0.2, 0.25) is 11.7 Å². The fraction of sp³-hybridized carbons (Fsp3) is 0.846. The van der Waals surface area contributed by atoms with Crippen molar-refractivity contribution in [3.8, 4) is 0 Å². The molecule has 1 aliphatic heterocycles. The summed E-state index contributed by atoms with van der Waals surface area (Å²) in [6, 6.07) is 0.289. The minimum Gasteiger partial charge on any atom is -0.370 e.